The zero-order valence-electron chi connectivity index (χ0n) is 19.7. The average molecular weight is 410 g/mol. The molecule has 28 heavy (non-hydrogen) atoms. The minimum Gasteiger partial charge on any atom is -0.396 e. The molecule has 0 spiro atoms. The topological polar surface area (TPSA) is 20.2 Å². The van der Waals surface area contributed by atoms with E-state index in [4.69, 9.17) is 5.11 Å². The van der Waals surface area contributed by atoms with E-state index in [1.54, 1.807) is 0 Å². The lowest BCUT2D eigenvalue weighted by molar-refractivity contribution is 0.282. The molecule has 0 aromatic rings. The van der Waals surface area contributed by atoms with Gasteiger partial charge in [-0.3, -0.25) is 0 Å². The van der Waals surface area contributed by atoms with E-state index in [1.807, 2.05) is 0 Å². The van der Waals surface area contributed by atoms with Crippen LogP contribution in [0.25, 0.3) is 0 Å². The van der Waals surface area contributed by atoms with Crippen LogP contribution in [0.1, 0.15) is 161 Å². The molecule has 0 saturated heterocycles. The van der Waals surface area contributed by atoms with E-state index >= 15 is 0 Å². The van der Waals surface area contributed by atoms with E-state index in [2.05, 4.69) is 6.92 Å². The van der Waals surface area contributed by atoms with Gasteiger partial charge in [-0.1, -0.05) is 155 Å². The normalized spacial score (nSPS) is 10.9. The standard InChI is InChI=1S/C26H54O.Al/c1-2-3-4-5-6-7-8-9-10-11-12-13-14-15-16-17-18-19-20-21-22-23-24-25-26-27;/h27H,2-26H2,1H3;. The quantitative estimate of drug-likeness (QED) is 0.124. The van der Waals surface area contributed by atoms with Crippen molar-refractivity contribution in [3.63, 3.8) is 0 Å². The summed E-state index contributed by atoms with van der Waals surface area (Å²) < 4.78 is 0. The maximum absolute atomic E-state index is 8.74. The van der Waals surface area contributed by atoms with Gasteiger partial charge in [-0.15, -0.1) is 0 Å². The fourth-order valence-corrected chi connectivity index (χ4v) is 4.07. The summed E-state index contributed by atoms with van der Waals surface area (Å²) in [6, 6.07) is 0. The maximum Gasteiger partial charge on any atom is 0.0431 e. The number of aliphatic hydroxyl groups excluding tert-OH is 1. The van der Waals surface area contributed by atoms with E-state index < -0.39 is 0 Å². The van der Waals surface area contributed by atoms with Crippen molar-refractivity contribution in [3.8, 4) is 0 Å². The van der Waals surface area contributed by atoms with Crippen LogP contribution in [0, 0.1) is 0 Å². The van der Waals surface area contributed by atoms with Crippen molar-refractivity contribution < 1.29 is 5.11 Å². The second kappa shape index (κ2) is 29.7. The molecule has 0 atom stereocenters. The van der Waals surface area contributed by atoms with Gasteiger partial charge in [0.25, 0.3) is 0 Å². The lowest BCUT2D eigenvalue weighted by atomic mass is 10.0. The molecule has 0 aliphatic carbocycles. The minimum atomic E-state index is 0. The van der Waals surface area contributed by atoms with Gasteiger partial charge in [0.15, 0.2) is 0 Å². The van der Waals surface area contributed by atoms with Gasteiger partial charge in [0.05, 0.1) is 0 Å². The van der Waals surface area contributed by atoms with Crippen LogP contribution in [0.15, 0.2) is 0 Å². The molecule has 0 saturated carbocycles. The van der Waals surface area contributed by atoms with Gasteiger partial charge in [-0.2, -0.15) is 0 Å². The van der Waals surface area contributed by atoms with E-state index in [1.165, 1.54) is 148 Å². The second-order valence-electron chi connectivity index (χ2n) is 8.86. The Kier molecular flexibility index (Phi) is 32.5. The first-order valence-corrected chi connectivity index (χ1v) is 13.0. The van der Waals surface area contributed by atoms with E-state index in [9.17, 15) is 0 Å². The van der Waals surface area contributed by atoms with Gasteiger partial charge < -0.3 is 5.11 Å². The molecular formula is C26H54AlO. The van der Waals surface area contributed by atoms with Crippen molar-refractivity contribution in [2.75, 3.05) is 6.61 Å². The molecular weight excluding hydrogens is 355 g/mol. The van der Waals surface area contributed by atoms with Crippen LogP contribution < -0.4 is 0 Å². The molecule has 0 aliphatic heterocycles. The molecule has 0 aromatic carbocycles. The average Bonchev–Trinajstić information content (AvgIpc) is 2.68. The smallest absolute Gasteiger partial charge is 0.0431 e. The van der Waals surface area contributed by atoms with Crippen molar-refractivity contribution in [3.05, 3.63) is 0 Å². The predicted molar refractivity (Wildman–Crippen MR) is 129 cm³/mol. The van der Waals surface area contributed by atoms with Crippen LogP contribution in [-0.2, 0) is 0 Å². The molecule has 0 unspecified atom stereocenters. The van der Waals surface area contributed by atoms with Crippen molar-refractivity contribution in [1.82, 2.24) is 0 Å². The highest BCUT2D eigenvalue weighted by Crippen LogP contribution is 2.15. The van der Waals surface area contributed by atoms with Crippen LogP contribution in [-0.4, -0.2) is 29.1 Å². The molecule has 0 bridgehead atoms. The first-order valence-electron chi connectivity index (χ1n) is 13.0. The zero-order valence-corrected chi connectivity index (χ0v) is 20.9. The number of aliphatic hydroxyl groups is 1. The van der Waals surface area contributed by atoms with Crippen molar-refractivity contribution in [2.45, 2.75) is 161 Å². The third kappa shape index (κ3) is 28.7. The van der Waals surface area contributed by atoms with Gasteiger partial charge in [-0.05, 0) is 6.42 Å². The lowest BCUT2D eigenvalue weighted by Gasteiger charge is -2.04. The molecule has 0 heterocycles. The Bertz CT molecular complexity index is 221. The van der Waals surface area contributed by atoms with Crippen molar-refractivity contribution >= 4 is 17.4 Å². The largest absolute Gasteiger partial charge is 0.396 e. The van der Waals surface area contributed by atoms with E-state index in [0.29, 0.717) is 6.61 Å². The first-order chi connectivity index (χ1) is 13.4. The maximum atomic E-state index is 8.74. The highest BCUT2D eigenvalue weighted by atomic mass is 27.0. The Morgan fingerprint density at radius 3 is 0.679 bits per heavy atom. The molecule has 1 nitrogen and oxygen atoms in total. The fraction of sp³-hybridized carbons (Fsp3) is 1.00. The Balaban J connectivity index is 0. The Morgan fingerprint density at radius 1 is 0.321 bits per heavy atom. The van der Waals surface area contributed by atoms with Gasteiger partial charge >= 0.3 is 0 Å². The highest BCUT2D eigenvalue weighted by molar-refractivity contribution is 5.75. The van der Waals surface area contributed by atoms with E-state index in [-0.39, 0.29) is 17.4 Å². The highest BCUT2D eigenvalue weighted by Gasteiger charge is 1.95. The fourth-order valence-electron chi connectivity index (χ4n) is 4.07. The molecule has 167 valence electrons. The summed E-state index contributed by atoms with van der Waals surface area (Å²) in [6.07, 6.45) is 34.1. The van der Waals surface area contributed by atoms with E-state index in [0.717, 1.165) is 6.42 Å². The molecule has 0 fully saturated rings. The lowest BCUT2D eigenvalue weighted by Crippen LogP contribution is -1.85. The number of rotatable bonds is 24. The first kappa shape index (κ1) is 30.7. The second-order valence-corrected chi connectivity index (χ2v) is 8.86. The molecule has 1 N–H and O–H groups in total. The minimum absolute atomic E-state index is 0. The predicted octanol–water partition coefficient (Wildman–Crippen LogP) is 8.98. The number of unbranched alkanes of at least 4 members (excludes halogenated alkanes) is 23. The molecule has 3 radical (unpaired) electrons. The summed E-state index contributed by atoms with van der Waals surface area (Å²) in [4.78, 5) is 0. The Labute approximate surface area is 190 Å². The van der Waals surface area contributed by atoms with Crippen LogP contribution in [0.5, 0.6) is 0 Å². The van der Waals surface area contributed by atoms with Gasteiger partial charge in [0.2, 0.25) is 0 Å². The van der Waals surface area contributed by atoms with Crippen LogP contribution >= 0.6 is 0 Å². The van der Waals surface area contributed by atoms with Crippen LogP contribution in [0.4, 0.5) is 0 Å². The summed E-state index contributed by atoms with van der Waals surface area (Å²) in [5.74, 6) is 0. The molecule has 0 rings (SSSR count). The molecule has 0 amide bonds. The zero-order chi connectivity index (χ0) is 19.7. The summed E-state index contributed by atoms with van der Waals surface area (Å²) in [5.41, 5.74) is 0. The Morgan fingerprint density at radius 2 is 0.500 bits per heavy atom. The molecule has 2 heteroatoms. The molecule has 0 aromatic heterocycles. The van der Waals surface area contributed by atoms with Crippen molar-refractivity contribution in [1.29, 1.82) is 0 Å². The third-order valence-electron chi connectivity index (χ3n) is 6.01. The summed E-state index contributed by atoms with van der Waals surface area (Å²) >= 11 is 0. The summed E-state index contributed by atoms with van der Waals surface area (Å²) in [5, 5.41) is 8.74. The van der Waals surface area contributed by atoms with Crippen LogP contribution in [0.3, 0.4) is 0 Å². The number of hydrogen-bond acceptors (Lipinski definition) is 1. The van der Waals surface area contributed by atoms with Gasteiger partial charge in [0, 0.05) is 24.0 Å². The Hall–Kier alpha value is 0.492. The summed E-state index contributed by atoms with van der Waals surface area (Å²) in [7, 11) is 0. The number of hydrogen-bond donors (Lipinski definition) is 1. The van der Waals surface area contributed by atoms with Gasteiger partial charge in [-0.25, -0.2) is 0 Å². The monoisotopic (exact) mass is 409 g/mol. The molecule has 0 aliphatic rings. The SMILES string of the molecule is CCCCCCCCCCCCCCCCCCCCCCCCCCO.[Al]. The third-order valence-corrected chi connectivity index (χ3v) is 6.01. The summed E-state index contributed by atoms with van der Waals surface area (Å²) in [6.45, 7) is 2.67. The van der Waals surface area contributed by atoms with Crippen LogP contribution in [0.2, 0.25) is 0 Å². The van der Waals surface area contributed by atoms with Crippen molar-refractivity contribution in [2.24, 2.45) is 0 Å². The van der Waals surface area contributed by atoms with Gasteiger partial charge in [0.1, 0.15) is 0 Å².